The maximum Gasteiger partial charge on any atom is 0.416 e. The summed E-state index contributed by atoms with van der Waals surface area (Å²) >= 11 is 0. The van der Waals surface area contributed by atoms with Crippen LogP contribution in [0, 0.1) is 5.92 Å². The highest BCUT2D eigenvalue weighted by molar-refractivity contribution is 5.82. The summed E-state index contributed by atoms with van der Waals surface area (Å²) in [7, 11) is 1.49. The Kier molecular flexibility index (Phi) is 5.64. The van der Waals surface area contributed by atoms with E-state index in [0.29, 0.717) is 19.4 Å². The van der Waals surface area contributed by atoms with Gasteiger partial charge in [-0.1, -0.05) is 12.1 Å². The minimum atomic E-state index is -4.35. The van der Waals surface area contributed by atoms with Crippen molar-refractivity contribution in [2.45, 2.75) is 31.0 Å². The van der Waals surface area contributed by atoms with Gasteiger partial charge in [-0.2, -0.15) is 13.2 Å². The van der Waals surface area contributed by atoms with Gasteiger partial charge < -0.3 is 15.2 Å². The molecule has 1 saturated carbocycles. The van der Waals surface area contributed by atoms with E-state index in [1.807, 2.05) is 0 Å². The van der Waals surface area contributed by atoms with E-state index >= 15 is 0 Å². The van der Waals surface area contributed by atoms with Crippen molar-refractivity contribution < 1.29 is 27.8 Å². The number of methoxy groups -OCH3 is 1. The molecule has 2 rings (SSSR count). The molecule has 4 nitrogen and oxygen atoms in total. The highest BCUT2D eigenvalue weighted by atomic mass is 19.4. The van der Waals surface area contributed by atoms with Crippen LogP contribution in [-0.2, 0) is 15.7 Å². The Bertz CT molecular complexity index is 530. The van der Waals surface area contributed by atoms with Crippen LogP contribution in [0.15, 0.2) is 24.3 Å². The smallest absolute Gasteiger partial charge is 0.391 e. The lowest BCUT2D eigenvalue weighted by atomic mass is 10.1. The first-order valence-electron chi connectivity index (χ1n) is 7.44. The van der Waals surface area contributed by atoms with Gasteiger partial charge in [-0.25, -0.2) is 0 Å². The zero-order chi connectivity index (χ0) is 17.0. The minimum Gasteiger partial charge on any atom is -0.391 e. The molecule has 0 aliphatic heterocycles. The predicted octanol–water partition coefficient (Wildman–Crippen LogP) is 2.32. The molecular weight excluding hydrogens is 311 g/mol. The number of benzene rings is 1. The molecule has 0 aromatic heterocycles. The molecule has 1 aromatic rings. The molecule has 1 fully saturated rings. The highest BCUT2D eigenvalue weighted by Gasteiger charge is 2.44. The molecule has 0 heterocycles. The van der Waals surface area contributed by atoms with Crippen LogP contribution in [-0.4, -0.2) is 37.4 Å². The summed E-state index contributed by atoms with van der Waals surface area (Å²) in [6.45, 7) is 0.563. The number of ether oxygens (including phenoxy) is 1. The Hall–Kier alpha value is -1.60. The van der Waals surface area contributed by atoms with Gasteiger partial charge in [0.15, 0.2) is 0 Å². The molecule has 1 aromatic carbocycles. The molecule has 23 heavy (non-hydrogen) atoms. The standard InChI is InChI=1S/C16H20F3NO3/c1-23-9-12(21)6-7-20-15(22)14-8-13(14)10-2-4-11(5-3-10)16(17,18)19/h2-5,12-14,21H,6-9H2,1H3,(H,20,22). The maximum atomic E-state index is 12.5. The van der Waals surface area contributed by atoms with Gasteiger partial charge in [-0.15, -0.1) is 0 Å². The predicted molar refractivity (Wildman–Crippen MR) is 77.8 cm³/mol. The Labute approximate surface area is 132 Å². The van der Waals surface area contributed by atoms with Gasteiger partial charge in [0.25, 0.3) is 0 Å². The lowest BCUT2D eigenvalue weighted by Crippen LogP contribution is -2.29. The zero-order valence-corrected chi connectivity index (χ0v) is 12.8. The van der Waals surface area contributed by atoms with Crippen molar-refractivity contribution >= 4 is 5.91 Å². The van der Waals surface area contributed by atoms with Crippen molar-refractivity contribution in [1.82, 2.24) is 5.32 Å². The SMILES string of the molecule is COCC(O)CCNC(=O)C1CC1c1ccc(C(F)(F)F)cc1. The third-order valence-electron chi connectivity index (χ3n) is 3.93. The van der Waals surface area contributed by atoms with Crippen LogP contribution >= 0.6 is 0 Å². The molecule has 3 atom stereocenters. The van der Waals surface area contributed by atoms with Crippen molar-refractivity contribution in [3.63, 3.8) is 0 Å². The maximum absolute atomic E-state index is 12.5. The molecule has 2 N–H and O–H groups in total. The number of carbonyl (C=O) groups excluding carboxylic acids is 1. The molecule has 0 spiro atoms. The summed E-state index contributed by atoms with van der Waals surface area (Å²) in [4.78, 5) is 12.0. The molecule has 128 valence electrons. The number of alkyl halides is 3. The average Bonchev–Trinajstić information content (AvgIpc) is 3.27. The normalized spacial score (nSPS) is 21.8. The van der Waals surface area contributed by atoms with Crippen LogP contribution in [0.1, 0.15) is 29.9 Å². The first-order chi connectivity index (χ1) is 10.8. The van der Waals surface area contributed by atoms with Crippen LogP contribution in [0.3, 0.4) is 0 Å². The summed E-state index contributed by atoms with van der Waals surface area (Å²) in [6.07, 6.45) is -3.93. The average molecular weight is 331 g/mol. The first kappa shape index (κ1) is 17.7. The number of rotatable bonds is 7. The molecule has 0 radical (unpaired) electrons. The fourth-order valence-corrected chi connectivity index (χ4v) is 2.54. The fraction of sp³-hybridized carbons (Fsp3) is 0.562. The summed E-state index contributed by atoms with van der Waals surface area (Å²) < 4.78 is 42.3. The van der Waals surface area contributed by atoms with E-state index < -0.39 is 17.8 Å². The van der Waals surface area contributed by atoms with Gasteiger partial charge >= 0.3 is 6.18 Å². The van der Waals surface area contributed by atoms with Crippen LogP contribution in [0.5, 0.6) is 0 Å². The van der Waals surface area contributed by atoms with Gasteiger partial charge in [-0.05, 0) is 36.5 Å². The summed E-state index contributed by atoms with van der Waals surface area (Å²) in [5.41, 5.74) is 0.0626. The van der Waals surface area contributed by atoms with Gasteiger partial charge in [0.05, 0.1) is 18.3 Å². The van der Waals surface area contributed by atoms with Crippen molar-refractivity contribution in [2.75, 3.05) is 20.3 Å². The molecule has 7 heteroatoms. The van der Waals surface area contributed by atoms with Crippen molar-refractivity contribution in [3.05, 3.63) is 35.4 Å². The van der Waals surface area contributed by atoms with E-state index in [-0.39, 0.29) is 24.3 Å². The Balaban J connectivity index is 1.79. The molecule has 3 unspecified atom stereocenters. The minimum absolute atomic E-state index is 0.0267. The monoisotopic (exact) mass is 331 g/mol. The van der Waals surface area contributed by atoms with E-state index in [0.717, 1.165) is 17.7 Å². The second-order valence-electron chi connectivity index (χ2n) is 5.76. The molecule has 0 saturated heterocycles. The third kappa shape index (κ3) is 4.94. The Morgan fingerprint density at radius 3 is 2.61 bits per heavy atom. The van der Waals surface area contributed by atoms with Gasteiger partial charge in [0.2, 0.25) is 5.91 Å². The summed E-state index contributed by atoms with van der Waals surface area (Å²) in [6, 6.07) is 4.96. The second kappa shape index (κ2) is 7.31. The number of carbonyl (C=O) groups is 1. The molecule has 1 aliphatic carbocycles. The van der Waals surface area contributed by atoms with Crippen LogP contribution in [0.25, 0.3) is 0 Å². The van der Waals surface area contributed by atoms with Crippen molar-refractivity contribution in [2.24, 2.45) is 5.92 Å². The van der Waals surface area contributed by atoms with Gasteiger partial charge in [0, 0.05) is 19.6 Å². The van der Waals surface area contributed by atoms with Crippen molar-refractivity contribution in [1.29, 1.82) is 0 Å². The van der Waals surface area contributed by atoms with E-state index in [1.54, 1.807) is 0 Å². The Morgan fingerprint density at radius 1 is 1.39 bits per heavy atom. The zero-order valence-electron chi connectivity index (χ0n) is 12.8. The van der Waals surface area contributed by atoms with Crippen LogP contribution < -0.4 is 5.32 Å². The number of hydrogen-bond acceptors (Lipinski definition) is 3. The van der Waals surface area contributed by atoms with E-state index in [4.69, 9.17) is 4.74 Å². The fourth-order valence-electron chi connectivity index (χ4n) is 2.54. The quantitative estimate of drug-likeness (QED) is 0.806. The molecule has 1 aliphatic rings. The number of amides is 1. The van der Waals surface area contributed by atoms with Gasteiger partial charge in [0.1, 0.15) is 0 Å². The number of aliphatic hydroxyl groups is 1. The lowest BCUT2D eigenvalue weighted by molar-refractivity contribution is -0.137. The molecular formula is C16H20F3NO3. The van der Waals surface area contributed by atoms with Crippen LogP contribution in [0.4, 0.5) is 13.2 Å². The lowest BCUT2D eigenvalue weighted by Gasteiger charge is -2.10. The summed E-state index contributed by atoms with van der Waals surface area (Å²) in [5.74, 6) is -0.355. The highest BCUT2D eigenvalue weighted by Crippen LogP contribution is 2.47. The summed E-state index contributed by atoms with van der Waals surface area (Å²) in [5, 5.41) is 12.2. The number of hydrogen-bond donors (Lipinski definition) is 2. The number of aliphatic hydroxyl groups excluding tert-OH is 1. The van der Waals surface area contributed by atoms with Crippen molar-refractivity contribution in [3.8, 4) is 0 Å². The number of nitrogens with one attached hydrogen (secondary N) is 1. The van der Waals surface area contributed by atoms with E-state index in [9.17, 15) is 23.1 Å². The van der Waals surface area contributed by atoms with E-state index in [1.165, 1.54) is 19.2 Å². The topological polar surface area (TPSA) is 58.6 Å². The van der Waals surface area contributed by atoms with Crippen LogP contribution in [0.2, 0.25) is 0 Å². The Morgan fingerprint density at radius 2 is 2.04 bits per heavy atom. The second-order valence-corrected chi connectivity index (χ2v) is 5.76. The first-order valence-corrected chi connectivity index (χ1v) is 7.44. The largest absolute Gasteiger partial charge is 0.416 e. The number of halogens is 3. The molecule has 1 amide bonds. The van der Waals surface area contributed by atoms with E-state index in [2.05, 4.69) is 5.32 Å². The third-order valence-corrected chi connectivity index (χ3v) is 3.93. The molecule has 0 bridgehead atoms. The van der Waals surface area contributed by atoms with Gasteiger partial charge in [-0.3, -0.25) is 4.79 Å².